The SMILES string of the molecule is CC(C)C(=O)CCOCNC(=O)C(C)C. The van der Waals surface area contributed by atoms with Gasteiger partial charge in [-0.15, -0.1) is 0 Å². The maximum absolute atomic E-state index is 11.2. The van der Waals surface area contributed by atoms with Crippen molar-refractivity contribution >= 4 is 11.7 Å². The molecule has 88 valence electrons. The average molecular weight is 215 g/mol. The molecule has 0 aliphatic carbocycles. The molecule has 0 unspecified atom stereocenters. The number of hydrogen-bond donors (Lipinski definition) is 1. The second-order valence-corrected chi connectivity index (χ2v) is 4.12. The lowest BCUT2D eigenvalue weighted by Gasteiger charge is -2.08. The Morgan fingerprint density at radius 1 is 1.13 bits per heavy atom. The van der Waals surface area contributed by atoms with Crippen molar-refractivity contribution < 1.29 is 14.3 Å². The summed E-state index contributed by atoms with van der Waals surface area (Å²) in [6.45, 7) is 7.92. The molecule has 0 spiro atoms. The number of carbonyl (C=O) groups excluding carboxylic acids is 2. The largest absolute Gasteiger partial charge is 0.361 e. The summed E-state index contributed by atoms with van der Waals surface area (Å²) in [6.07, 6.45) is 0.412. The first-order chi connectivity index (χ1) is 6.95. The number of carbonyl (C=O) groups is 2. The zero-order chi connectivity index (χ0) is 11.8. The zero-order valence-corrected chi connectivity index (χ0v) is 10.0. The second kappa shape index (κ2) is 7.40. The lowest BCUT2D eigenvalue weighted by Crippen LogP contribution is -2.30. The van der Waals surface area contributed by atoms with Gasteiger partial charge in [-0.2, -0.15) is 0 Å². The number of rotatable bonds is 7. The summed E-state index contributed by atoms with van der Waals surface area (Å²) >= 11 is 0. The van der Waals surface area contributed by atoms with Gasteiger partial charge in [-0.05, 0) is 0 Å². The fraction of sp³-hybridized carbons (Fsp3) is 0.818. The minimum absolute atomic E-state index is 0.0362. The maximum atomic E-state index is 11.2. The topological polar surface area (TPSA) is 55.4 Å². The molecule has 0 aromatic rings. The maximum Gasteiger partial charge on any atom is 0.224 e. The highest BCUT2D eigenvalue weighted by Crippen LogP contribution is 1.98. The van der Waals surface area contributed by atoms with Gasteiger partial charge in [-0.3, -0.25) is 9.59 Å². The van der Waals surface area contributed by atoms with Crippen molar-refractivity contribution in [3.05, 3.63) is 0 Å². The Labute approximate surface area is 91.4 Å². The van der Waals surface area contributed by atoms with Gasteiger partial charge in [-0.1, -0.05) is 27.7 Å². The van der Waals surface area contributed by atoms with Gasteiger partial charge < -0.3 is 10.1 Å². The molecule has 0 aliphatic rings. The third kappa shape index (κ3) is 7.08. The summed E-state index contributed by atoms with van der Waals surface area (Å²) in [6, 6.07) is 0. The molecule has 1 amide bonds. The zero-order valence-electron chi connectivity index (χ0n) is 10.0. The Balaban J connectivity index is 3.40. The van der Waals surface area contributed by atoms with E-state index < -0.39 is 0 Å². The fourth-order valence-electron chi connectivity index (χ4n) is 0.860. The Morgan fingerprint density at radius 3 is 2.20 bits per heavy atom. The van der Waals surface area contributed by atoms with Crippen molar-refractivity contribution in [2.45, 2.75) is 34.1 Å². The molecule has 4 nitrogen and oxygen atoms in total. The summed E-state index contributed by atoms with van der Waals surface area (Å²) in [4.78, 5) is 22.3. The van der Waals surface area contributed by atoms with Crippen LogP contribution in [0.2, 0.25) is 0 Å². The van der Waals surface area contributed by atoms with Crippen molar-refractivity contribution in [1.82, 2.24) is 5.32 Å². The molecule has 0 bridgehead atoms. The van der Waals surface area contributed by atoms with E-state index in [-0.39, 0.29) is 30.3 Å². The van der Waals surface area contributed by atoms with Crippen LogP contribution in [0.5, 0.6) is 0 Å². The van der Waals surface area contributed by atoms with Crippen LogP contribution in [0.1, 0.15) is 34.1 Å². The van der Waals surface area contributed by atoms with Gasteiger partial charge in [0, 0.05) is 18.3 Å². The van der Waals surface area contributed by atoms with E-state index in [0.29, 0.717) is 13.0 Å². The van der Waals surface area contributed by atoms with E-state index in [1.165, 1.54) is 0 Å². The fourth-order valence-corrected chi connectivity index (χ4v) is 0.860. The van der Waals surface area contributed by atoms with E-state index >= 15 is 0 Å². The lowest BCUT2D eigenvalue weighted by molar-refractivity contribution is -0.126. The molecule has 0 radical (unpaired) electrons. The van der Waals surface area contributed by atoms with Gasteiger partial charge in [0.05, 0.1) is 6.61 Å². The van der Waals surface area contributed by atoms with Gasteiger partial charge in [0.1, 0.15) is 12.5 Å². The third-order valence-corrected chi connectivity index (χ3v) is 2.01. The van der Waals surface area contributed by atoms with Crippen molar-refractivity contribution in [3.8, 4) is 0 Å². The summed E-state index contributed by atoms with van der Waals surface area (Å²) in [5, 5.41) is 2.61. The summed E-state index contributed by atoms with van der Waals surface area (Å²) in [5.41, 5.74) is 0. The lowest BCUT2D eigenvalue weighted by atomic mass is 10.1. The molecule has 0 heterocycles. The van der Waals surface area contributed by atoms with E-state index in [9.17, 15) is 9.59 Å². The van der Waals surface area contributed by atoms with Crippen LogP contribution in [0.3, 0.4) is 0 Å². The van der Waals surface area contributed by atoms with Crippen molar-refractivity contribution in [2.75, 3.05) is 13.3 Å². The van der Waals surface area contributed by atoms with Crippen molar-refractivity contribution in [3.63, 3.8) is 0 Å². The molecule has 1 N–H and O–H groups in total. The number of hydrogen-bond acceptors (Lipinski definition) is 3. The van der Waals surface area contributed by atoms with Gasteiger partial charge >= 0.3 is 0 Å². The van der Waals surface area contributed by atoms with Gasteiger partial charge in [-0.25, -0.2) is 0 Å². The number of ether oxygens (including phenoxy) is 1. The molecule has 0 atom stereocenters. The summed E-state index contributed by atoms with van der Waals surface area (Å²) in [7, 11) is 0. The number of Topliss-reactive ketones (excluding diaryl/α,β-unsaturated/α-hetero) is 1. The first-order valence-corrected chi connectivity index (χ1v) is 5.33. The summed E-state index contributed by atoms with van der Waals surface area (Å²) in [5.74, 6) is 0.167. The van der Waals surface area contributed by atoms with E-state index in [1.807, 2.05) is 27.7 Å². The number of amides is 1. The normalized spacial score (nSPS) is 10.8. The van der Waals surface area contributed by atoms with E-state index in [2.05, 4.69) is 5.32 Å². The van der Waals surface area contributed by atoms with Crippen LogP contribution >= 0.6 is 0 Å². The Morgan fingerprint density at radius 2 is 1.73 bits per heavy atom. The molecular formula is C11H21NO3. The predicted molar refractivity (Wildman–Crippen MR) is 58.3 cm³/mol. The van der Waals surface area contributed by atoms with Crippen LogP contribution in [0.4, 0.5) is 0 Å². The Bertz CT molecular complexity index is 190. The molecule has 0 fully saturated rings. The van der Waals surface area contributed by atoms with Gasteiger partial charge in [0.25, 0.3) is 0 Å². The third-order valence-electron chi connectivity index (χ3n) is 2.01. The van der Waals surface area contributed by atoms with E-state index in [1.54, 1.807) is 0 Å². The molecule has 0 saturated heterocycles. The first-order valence-electron chi connectivity index (χ1n) is 5.33. The molecule has 4 heteroatoms. The second-order valence-electron chi connectivity index (χ2n) is 4.12. The smallest absolute Gasteiger partial charge is 0.224 e. The minimum atomic E-state index is -0.0369. The summed E-state index contributed by atoms with van der Waals surface area (Å²) < 4.78 is 5.12. The molecule has 0 rings (SSSR count). The molecule has 0 saturated carbocycles. The van der Waals surface area contributed by atoms with E-state index in [4.69, 9.17) is 4.74 Å². The van der Waals surface area contributed by atoms with Crippen molar-refractivity contribution in [2.24, 2.45) is 11.8 Å². The quantitative estimate of drug-likeness (QED) is 0.515. The molecule has 0 aliphatic heterocycles. The average Bonchev–Trinajstić information content (AvgIpc) is 2.16. The number of nitrogens with one attached hydrogen (secondary N) is 1. The predicted octanol–water partition coefficient (Wildman–Crippen LogP) is 1.35. The van der Waals surface area contributed by atoms with Crippen LogP contribution in [-0.4, -0.2) is 25.0 Å². The first kappa shape index (κ1) is 14.1. The molecule has 0 aromatic carbocycles. The monoisotopic (exact) mass is 215 g/mol. The molecular weight excluding hydrogens is 194 g/mol. The van der Waals surface area contributed by atoms with Gasteiger partial charge in [0.15, 0.2) is 0 Å². The molecule has 0 aromatic heterocycles. The Hall–Kier alpha value is -0.900. The van der Waals surface area contributed by atoms with Crippen LogP contribution in [0, 0.1) is 11.8 Å². The standard InChI is InChI=1S/C11H21NO3/c1-8(2)10(13)5-6-15-7-12-11(14)9(3)4/h8-9H,5-7H2,1-4H3,(H,12,14). The highest BCUT2D eigenvalue weighted by Gasteiger charge is 2.07. The molecule has 15 heavy (non-hydrogen) atoms. The van der Waals surface area contributed by atoms with Crippen LogP contribution < -0.4 is 5.32 Å². The van der Waals surface area contributed by atoms with Crippen molar-refractivity contribution in [1.29, 1.82) is 0 Å². The number of ketones is 1. The van der Waals surface area contributed by atoms with Crippen LogP contribution in [0.15, 0.2) is 0 Å². The highest BCUT2D eigenvalue weighted by atomic mass is 16.5. The van der Waals surface area contributed by atoms with E-state index in [0.717, 1.165) is 0 Å². The van der Waals surface area contributed by atoms with Crippen LogP contribution in [-0.2, 0) is 14.3 Å². The van der Waals surface area contributed by atoms with Gasteiger partial charge in [0.2, 0.25) is 5.91 Å². The minimum Gasteiger partial charge on any atom is -0.361 e. The highest BCUT2D eigenvalue weighted by molar-refractivity contribution is 5.80. The van der Waals surface area contributed by atoms with Crippen LogP contribution in [0.25, 0.3) is 0 Å². The Kier molecular flexibility index (Phi) is 6.96.